The molecule has 2 rings (SSSR count). The van der Waals surface area contributed by atoms with Crippen molar-refractivity contribution < 1.29 is 0 Å². The van der Waals surface area contributed by atoms with Crippen molar-refractivity contribution in [2.45, 2.75) is 30.3 Å². The van der Waals surface area contributed by atoms with Gasteiger partial charge in [0, 0.05) is 25.2 Å². The zero-order valence-corrected chi connectivity index (χ0v) is 13.5. The van der Waals surface area contributed by atoms with Gasteiger partial charge in [-0.25, -0.2) is 15.0 Å². The average Bonchev–Trinajstić information content (AvgIpc) is 2.43. The Hall–Kier alpha value is -1.14. The monoisotopic (exact) mass is 338 g/mol. The number of halogens is 1. The van der Waals surface area contributed by atoms with E-state index in [1.54, 1.807) is 18.0 Å². The van der Waals surface area contributed by atoms with Gasteiger partial charge in [0.15, 0.2) is 0 Å². The number of rotatable bonds is 4. The molecule has 0 spiro atoms. The van der Waals surface area contributed by atoms with E-state index < -0.39 is 0 Å². The molecule has 0 atom stereocenters. The number of nitrogens with one attached hydrogen (secondary N) is 1. The number of aryl methyl sites for hydroxylation is 1. The van der Waals surface area contributed by atoms with Crippen molar-refractivity contribution in [2.75, 3.05) is 12.4 Å². The molecule has 0 fully saturated rings. The highest BCUT2D eigenvalue weighted by Gasteiger charge is 2.12. The second-order valence-electron chi connectivity index (χ2n) is 3.91. The normalized spacial score (nSPS) is 10.5. The van der Waals surface area contributed by atoms with E-state index in [2.05, 4.69) is 43.1 Å². The number of pyridine rings is 1. The Bertz CT molecular complexity index is 589. The van der Waals surface area contributed by atoms with Gasteiger partial charge in [0.25, 0.3) is 0 Å². The smallest absolute Gasteiger partial charge is 0.133 e. The topological polar surface area (TPSA) is 50.7 Å². The van der Waals surface area contributed by atoms with Crippen molar-refractivity contribution in [3.63, 3.8) is 0 Å². The van der Waals surface area contributed by atoms with Crippen LogP contribution in [0.15, 0.2) is 32.9 Å². The van der Waals surface area contributed by atoms with Crippen molar-refractivity contribution in [1.29, 1.82) is 0 Å². The fourth-order valence-electron chi connectivity index (χ4n) is 1.58. The molecule has 0 amide bonds. The molecular weight excluding hydrogens is 324 g/mol. The van der Waals surface area contributed by atoms with E-state index in [0.29, 0.717) is 0 Å². The van der Waals surface area contributed by atoms with Gasteiger partial charge in [0.05, 0.1) is 4.47 Å². The van der Waals surface area contributed by atoms with Crippen LogP contribution in [0.5, 0.6) is 0 Å². The highest BCUT2D eigenvalue weighted by Crippen LogP contribution is 2.33. The molecule has 0 saturated heterocycles. The lowest BCUT2D eigenvalue weighted by atomic mass is 10.3. The molecule has 0 bridgehead atoms. The minimum atomic E-state index is 0.811. The van der Waals surface area contributed by atoms with Crippen molar-refractivity contribution in [1.82, 2.24) is 15.0 Å². The Balaban J connectivity index is 2.42. The number of anilines is 1. The molecule has 2 heterocycles. The minimum absolute atomic E-state index is 0.811. The molecule has 2 aromatic rings. The summed E-state index contributed by atoms with van der Waals surface area (Å²) in [6.07, 6.45) is 2.59. The van der Waals surface area contributed by atoms with Crippen molar-refractivity contribution in [2.24, 2.45) is 0 Å². The number of hydrogen-bond donors (Lipinski definition) is 1. The van der Waals surface area contributed by atoms with Gasteiger partial charge in [-0.2, -0.15) is 0 Å². The maximum absolute atomic E-state index is 4.59. The highest BCUT2D eigenvalue weighted by atomic mass is 79.9. The van der Waals surface area contributed by atoms with E-state index in [1.165, 1.54) is 0 Å². The second-order valence-corrected chi connectivity index (χ2v) is 5.75. The number of hydrogen-bond acceptors (Lipinski definition) is 5. The van der Waals surface area contributed by atoms with Crippen LogP contribution >= 0.6 is 27.7 Å². The fourth-order valence-corrected chi connectivity index (χ4v) is 2.94. The summed E-state index contributed by atoms with van der Waals surface area (Å²) in [6.45, 7) is 4.07. The summed E-state index contributed by atoms with van der Waals surface area (Å²) in [7, 11) is 1.87. The molecule has 2 aromatic heterocycles. The molecule has 0 aliphatic carbocycles. The van der Waals surface area contributed by atoms with Gasteiger partial charge < -0.3 is 5.32 Å². The summed E-state index contributed by atoms with van der Waals surface area (Å²) in [4.78, 5) is 13.4. The van der Waals surface area contributed by atoms with Crippen LogP contribution in [0.4, 0.5) is 5.82 Å². The van der Waals surface area contributed by atoms with E-state index in [4.69, 9.17) is 0 Å². The van der Waals surface area contributed by atoms with E-state index in [9.17, 15) is 0 Å². The molecule has 0 unspecified atom stereocenters. The van der Waals surface area contributed by atoms with E-state index in [0.717, 1.165) is 38.2 Å². The largest absolute Gasteiger partial charge is 0.373 e. The quantitative estimate of drug-likeness (QED) is 0.861. The summed E-state index contributed by atoms with van der Waals surface area (Å²) < 4.78 is 0.974. The van der Waals surface area contributed by atoms with E-state index in [1.807, 2.05) is 26.1 Å². The van der Waals surface area contributed by atoms with Crippen LogP contribution in [0.1, 0.15) is 18.3 Å². The first kappa shape index (κ1) is 14.3. The van der Waals surface area contributed by atoms with Crippen LogP contribution in [0.3, 0.4) is 0 Å². The van der Waals surface area contributed by atoms with E-state index >= 15 is 0 Å². The molecule has 6 heteroatoms. The predicted octanol–water partition coefficient (Wildman–Crippen LogP) is 3.70. The van der Waals surface area contributed by atoms with Crippen molar-refractivity contribution in [3.8, 4) is 0 Å². The molecule has 0 aliphatic rings. The Labute approximate surface area is 125 Å². The summed E-state index contributed by atoms with van der Waals surface area (Å²) in [5, 5.41) is 4.97. The zero-order valence-electron chi connectivity index (χ0n) is 11.1. The molecule has 0 aromatic carbocycles. The van der Waals surface area contributed by atoms with Gasteiger partial charge in [-0.3, -0.25) is 0 Å². The third-order valence-corrected chi connectivity index (χ3v) is 4.63. The van der Waals surface area contributed by atoms with Gasteiger partial charge in [-0.15, -0.1) is 0 Å². The SMILES string of the molecule is CCc1nc(NC)c(C)c(Sc2ncccc2Br)n1. The Morgan fingerprint density at radius 3 is 2.74 bits per heavy atom. The third kappa shape index (κ3) is 3.25. The molecule has 4 nitrogen and oxygen atoms in total. The van der Waals surface area contributed by atoms with Gasteiger partial charge in [-0.05, 0) is 46.7 Å². The molecule has 19 heavy (non-hydrogen) atoms. The van der Waals surface area contributed by atoms with Gasteiger partial charge >= 0.3 is 0 Å². The molecule has 0 saturated carbocycles. The predicted molar refractivity (Wildman–Crippen MR) is 81.8 cm³/mol. The van der Waals surface area contributed by atoms with Crippen LogP contribution in [-0.4, -0.2) is 22.0 Å². The van der Waals surface area contributed by atoms with Gasteiger partial charge in [0.1, 0.15) is 21.7 Å². The summed E-state index contributed by atoms with van der Waals surface area (Å²) >= 11 is 5.06. The summed E-state index contributed by atoms with van der Waals surface area (Å²) in [5.41, 5.74) is 1.04. The minimum Gasteiger partial charge on any atom is -0.373 e. The van der Waals surface area contributed by atoms with Crippen LogP contribution in [0, 0.1) is 6.92 Å². The number of aromatic nitrogens is 3. The average molecular weight is 339 g/mol. The van der Waals surface area contributed by atoms with Gasteiger partial charge in [0.2, 0.25) is 0 Å². The zero-order chi connectivity index (χ0) is 13.8. The molecule has 0 aliphatic heterocycles. The fraction of sp³-hybridized carbons (Fsp3) is 0.308. The standard InChI is InChI=1S/C13H15BrN4S/c1-4-10-17-11(15-3)8(2)12(18-10)19-13-9(14)6-5-7-16-13/h5-7H,4H2,1-3H3,(H,15,17,18). The first-order valence-electron chi connectivity index (χ1n) is 5.99. The van der Waals surface area contributed by atoms with Crippen LogP contribution in [0.2, 0.25) is 0 Å². The van der Waals surface area contributed by atoms with Crippen LogP contribution in [-0.2, 0) is 6.42 Å². The summed E-state index contributed by atoms with van der Waals surface area (Å²) in [5.74, 6) is 1.71. The lowest BCUT2D eigenvalue weighted by Gasteiger charge is -2.11. The Morgan fingerprint density at radius 2 is 2.11 bits per heavy atom. The first-order valence-corrected chi connectivity index (χ1v) is 7.60. The Morgan fingerprint density at radius 1 is 1.32 bits per heavy atom. The molecule has 1 N–H and O–H groups in total. The lowest BCUT2D eigenvalue weighted by molar-refractivity contribution is 0.873. The Kier molecular flexibility index (Phi) is 4.76. The van der Waals surface area contributed by atoms with Crippen molar-refractivity contribution >= 4 is 33.5 Å². The van der Waals surface area contributed by atoms with Crippen molar-refractivity contribution in [3.05, 3.63) is 34.2 Å². The maximum Gasteiger partial charge on any atom is 0.133 e. The highest BCUT2D eigenvalue weighted by molar-refractivity contribution is 9.10. The second kappa shape index (κ2) is 6.34. The molecular formula is C13H15BrN4S. The van der Waals surface area contributed by atoms with E-state index in [-0.39, 0.29) is 0 Å². The molecule has 0 radical (unpaired) electrons. The van der Waals surface area contributed by atoms with Crippen LogP contribution in [0.25, 0.3) is 0 Å². The summed E-state index contributed by atoms with van der Waals surface area (Å²) in [6, 6.07) is 3.88. The van der Waals surface area contributed by atoms with Gasteiger partial charge in [-0.1, -0.05) is 6.92 Å². The first-order chi connectivity index (χ1) is 9.15. The maximum atomic E-state index is 4.59. The third-order valence-electron chi connectivity index (χ3n) is 2.62. The molecule has 100 valence electrons. The van der Waals surface area contributed by atoms with Crippen LogP contribution < -0.4 is 5.32 Å². The lowest BCUT2D eigenvalue weighted by Crippen LogP contribution is -2.04. The number of nitrogens with zero attached hydrogens (tertiary/aromatic N) is 3.